The van der Waals surface area contributed by atoms with Gasteiger partial charge >= 0.3 is 0 Å². The first kappa shape index (κ1) is 11.5. The lowest BCUT2D eigenvalue weighted by atomic mass is 10.0. The number of benzene rings is 2. The maximum absolute atomic E-state index is 11.4. The van der Waals surface area contributed by atoms with Crippen molar-refractivity contribution in [1.82, 2.24) is 0 Å². The topological polar surface area (TPSA) is 35.5 Å². The smallest absolute Gasteiger partial charge is 0.168 e. The molecule has 0 spiro atoms. The van der Waals surface area contributed by atoms with E-state index in [1.165, 1.54) is 0 Å². The molecule has 2 aromatic carbocycles. The first-order chi connectivity index (χ1) is 8.17. The highest BCUT2D eigenvalue weighted by Gasteiger charge is 2.10. The van der Waals surface area contributed by atoms with Crippen molar-refractivity contribution in [2.24, 2.45) is 0 Å². The van der Waals surface area contributed by atoms with Gasteiger partial charge in [-0.3, -0.25) is 4.79 Å². The van der Waals surface area contributed by atoms with E-state index in [0.29, 0.717) is 17.1 Å². The lowest BCUT2D eigenvalue weighted by Crippen LogP contribution is -1.94. The summed E-state index contributed by atoms with van der Waals surface area (Å²) in [6.45, 7) is 1.55. The summed E-state index contributed by atoms with van der Waals surface area (Å²) in [6, 6.07) is 9.36. The van der Waals surface area contributed by atoms with Gasteiger partial charge in [-0.05, 0) is 24.4 Å². The Morgan fingerprint density at radius 2 is 1.76 bits per heavy atom. The zero-order valence-electron chi connectivity index (χ0n) is 10.1. The summed E-state index contributed by atoms with van der Waals surface area (Å²) in [5.74, 6) is 1.37. The fourth-order valence-electron chi connectivity index (χ4n) is 1.86. The number of hydrogen-bond acceptors (Lipinski definition) is 3. The van der Waals surface area contributed by atoms with Crippen LogP contribution in [0.3, 0.4) is 0 Å². The Hall–Kier alpha value is -2.03. The highest BCUT2D eigenvalue weighted by Crippen LogP contribution is 2.35. The van der Waals surface area contributed by atoms with Crippen LogP contribution in [0, 0.1) is 0 Å². The van der Waals surface area contributed by atoms with Crippen LogP contribution in [0.25, 0.3) is 10.8 Å². The fourth-order valence-corrected chi connectivity index (χ4v) is 1.86. The number of ketones is 1. The summed E-state index contributed by atoms with van der Waals surface area (Å²) in [4.78, 5) is 11.4. The largest absolute Gasteiger partial charge is 0.493 e. The molecule has 0 amide bonds. The quantitative estimate of drug-likeness (QED) is 0.760. The van der Waals surface area contributed by atoms with Gasteiger partial charge in [0, 0.05) is 10.9 Å². The minimum Gasteiger partial charge on any atom is -0.493 e. The molecule has 0 saturated carbocycles. The first-order valence-electron chi connectivity index (χ1n) is 5.33. The van der Waals surface area contributed by atoms with E-state index in [1.54, 1.807) is 21.1 Å². The number of ether oxygens (including phenoxy) is 2. The van der Waals surface area contributed by atoms with E-state index >= 15 is 0 Å². The summed E-state index contributed by atoms with van der Waals surface area (Å²) in [7, 11) is 3.19. The number of Topliss-reactive ketones (excluding diaryl/α,β-unsaturated/α-hetero) is 1. The maximum atomic E-state index is 11.4. The zero-order valence-corrected chi connectivity index (χ0v) is 10.1. The van der Waals surface area contributed by atoms with E-state index in [1.807, 2.05) is 30.3 Å². The second-order valence-corrected chi connectivity index (χ2v) is 3.79. The van der Waals surface area contributed by atoms with Gasteiger partial charge in [-0.2, -0.15) is 0 Å². The maximum Gasteiger partial charge on any atom is 0.168 e. The average molecular weight is 230 g/mol. The Bertz CT molecular complexity index is 573. The van der Waals surface area contributed by atoms with Gasteiger partial charge in [0.2, 0.25) is 0 Å². The Morgan fingerprint density at radius 3 is 2.35 bits per heavy atom. The Morgan fingerprint density at radius 1 is 1.06 bits per heavy atom. The van der Waals surface area contributed by atoms with Gasteiger partial charge in [-0.15, -0.1) is 0 Å². The molecule has 0 radical (unpaired) electrons. The molecule has 17 heavy (non-hydrogen) atoms. The number of methoxy groups -OCH3 is 2. The first-order valence-corrected chi connectivity index (χ1v) is 5.33. The fraction of sp³-hybridized carbons (Fsp3) is 0.214. The predicted octanol–water partition coefficient (Wildman–Crippen LogP) is 3.06. The third-order valence-corrected chi connectivity index (χ3v) is 2.77. The van der Waals surface area contributed by atoms with Crippen LogP contribution in [0.5, 0.6) is 11.5 Å². The van der Waals surface area contributed by atoms with Gasteiger partial charge in [0.1, 0.15) is 0 Å². The average Bonchev–Trinajstić information content (AvgIpc) is 2.36. The SMILES string of the molecule is COc1ccc2ccc(C(C)=O)cc2c1OC. The molecule has 0 aliphatic heterocycles. The summed E-state index contributed by atoms with van der Waals surface area (Å²) >= 11 is 0. The van der Waals surface area contributed by atoms with Crippen LogP contribution in [0.2, 0.25) is 0 Å². The Balaban J connectivity index is 2.75. The molecular weight excluding hydrogens is 216 g/mol. The van der Waals surface area contributed by atoms with E-state index in [2.05, 4.69) is 0 Å². The minimum atomic E-state index is 0.0387. The summed E-state index contributed by atoms with van der Waals surface area (Å²) < 4.78 is 10.6. The molecule has 0 bridgehead atoms. The van der Waals surface area contributed by atoms with Gasteiger partial charge in [-0.1, -0.05) is 18.2 Å². The summed E-state index contributed by atoms with van der Waals surface area (Å²) in [6.07, 6.45) is 0. The molecule has 0 aromatic heterocycles. The van der Waals surface area contributed by atoms with E-state index in [9.17, 15) is 4.79 Å². The van der Waals surface area contributed by atoms with Crippen molar-refractivity contribution < 1.29 is 14.3 Å². The zero-order chi connectivity index (χ0) is 12.4. The lowest BCUT2D eigenvalue weighted by Gasteiger charge is -2.11. The molecule has 0 fully saturated rings. The monoisotopic (exact) mass is 230 g/mol. The van der Waals surface area contributed by atoms with Gasteiger partial charge in [0.15, 0.2) is 17.3 Å². The molecule has 2 aromatic rings. The molecule has 0 atom stereocenters. The molecule has 0 unspecified atom stereocenters. The number of fused-ring (bicyclic) bond motifs is 1. The molecule has 3 nitrogen and oxygen atoms in total. The van der Waals surface area contributed by atoms with Crippen molar-refractivity contribution in [3.05, 3.63) is 35.9 Å². The van der Waals surface area contributed by atoms with Crippen molar-refractivity contribution in [3.8, 4) is 11.5 Å². The molecular formula is C14H14O3. The third-order valence-electron chi connectivity index (χ3n) is 2.77. The predicted molar refractivity (Wildman–Crippen MR) is 67.1 cm³/mol. The van der Waals surface area contributed by atoms with Crippen LogP contribution in [-0.2, 0) is 0 Å². The van der Waals surface area contributed by atoms with Crippen LogP contribution >= 0.6 is 0 Å². The molecule has 0 heterocycles. The number of carbonyl (C=O) groups excluding carboxylic acids is 1. The number of hydrogen-bond donors (Lipinski definition) is 0. The molecule has 2 rings (SSSR count). The molecule has 0 aliphatic carbocycles. The van der Waals surface area contributed by atoms with Gasteiger partial charge in [0.05, 0.1) is 14.2 Å². The van der Waals surface area contributed by atoms with Crippen molar-refractivity contribution in [2.75, 3.05) is 14.2 Å². The molecule has 0 aliphatic rings. The van der Waals surface area contributed by atoms with E-state index in [0.717, 1.165) is 10.8 Å². The highest BCUT2D eigenvalue weighted by atomic mass is 16.5. The van der Waals surface area contributed by atoms with Crippen molar-refractivity contribution in [2.45, 2.75) is 6.92 Å². The van der Waals surface area contributed by atoms with E-state index in [4.69, 9.17) is 9.47 Å². The molecule has 3 heteroatoms. The lowest BCUT2D eigenvalue weighted by molar-refractivity contribution is 0.101. The highest BCUT2D eigenvalue weighted by molar-refractivity contribution is 6.00. The van der Waals surface area contributed by atoms with Crippen molar-refractivity contribution in [3.63, 3.8) is 0 Å². The number of rotatable bonds is 3. The van der Waals surface area contributed by atoms with Crippen molar-refractivity contribution >= 4 is 16.6 Å². The minimum absolute atomic E-state index is 0.0387. The van der Waals surface area contributed by atoms with E-state index < -0.39 is 0 Å². The van der Waals surface area contributed by atoms with E-state index in [-0.39, 0.29) is 5.78 Å². The van der Waals surface area contributed by atoms with Crippen LogP contribution in [0.15, 0.2) is 30.3 Å². The second-order valence-electron chi connectivity index (χ2n) is 3.79. The van der Waals surface area contributed by atoms with Crippen LogP contribution in [0.4, 0.5) is 0 Å². The van der Waals surface area contributed by atoms with Crippen LogP contribution in [0.1, 0.15) is 17.3 Å². The van der Waals surface area contributed by atoms with Gasteiger partial charge in [0.25, 0.3) is 0 Å². The Labute approximate surface area is 100.0 Å². The van der Waals surface area contributed by atoms with Gasteiger partial charge in [-0.25, -0.2) is 0 Å². The molecule has 88 valence electrons. The Kier molecular flexibility index (Phi) is 3.00. The molecule has 0 saturated heterocycles. The standard InChI is InChI=1S/C14H14O3/c1-9(15)11-5-4-10-6-7-13(16-2)14(17-3)12(10)8-11/h4-8H,1-3H3. The number of carbonyl (C=O) groups is 1. The van der Waals surface area contributed by atoms with Crippen LogP contribution < -0.4 is 9.47 Å². The van der Waals surface area contributed by atoms with Crippen molar-refractivity contribution in [1.29, 1.82) is 0 Å². The van der Waals surface area contributed by atoms with Gasteiger partial charge < -0.3 is 9.47 Å². The summed E-state index contributed by atoms with van der Waals surface area (Å²) in [5.41, 5.74) is 0.670. The second kappa shape index (κ2) is 4.45. The normalized spacial score (nSPS) is 10.3. The molecule has 0 N–H and O–H groups in total. The summed E-state index contributed by atoms with van der Waals surface area (Å²) in [5, 5.41) is 1.91. The third kappa shape index (κ3) is 1.96. The van der Waals surface area contributed by atoms with Crippen LogP contribution in [-0.4, -0.2) is 20.0 Å².